The second-order valence-electron chi connectivity index (χ2n) is 1.67. The van der Waals surface area contributed by atoms with Crippen molar-refractivity contribution in [2.75, 3.05) is 11.1 Å². The molecule has 0 unspecified atom stereocenters. The highest BCUT2D eigenvalue weighted by molar-refractivity contribution is 5.52. The molecule has 2 N–H and O–H groups in total. The Kier molecular flexibility index (Phi) is 2.04. The van der Waals surface area contributed by atoms with Gasteiger partial charge < -0.3 is 0 Å². The van der Waals surface area contributed by atoms with Crippen LogP contribution in [-0.2, 0) is 0 Å². The number of hydrogen-bond donors (Lipinski definition) is 2. The molecule has 0 aromatic heterocycles. The predicted molar refractivity (Wildman–Crippen MR) is 34.7 cm³/mol. The van der Waals surface area contributed by atoms with Crippen LogP contribution in [0.1, 0.15) is 0 Å². The number of halogens is 2. The second-order valence-corrected chi connectivity index (χ2v) is 1.67. The molecule has 1 aromatic rings. The fraction of sp³-hybridized carbons (Fsp3) is 0. The predicted octanol–water partition coefficient (Wildman–Crippen LogP) is 2.08. The van der Waals surface area contributed by atoms with E-state index in [1.54, 1.807) is 0 Å². The van der Waals surface area contributed by atoms with E-state index in [9.17, 15) is 8.96 Å². The Bertz CT molecular complexity index is 195. The van der Waals surface area contributed by atoms with Crippen LogP contribution in [0, 0.1) is 6.07 Å². The number of benzene rings is 1. The molecular weight excluding hydrogens is 138 g/mol. The summed E-state index contributed by atoms with van der Waals surface area (Å²) in [4.78, 5) is 0. The first kappa shape index (κ1) is 6.80. The second kappa shape index (κ2) is 3.00. The molecule has 0 spiro atoms. The monoisotopic (exact) mass is 143 g/mol. The first-order chi connectivity index (χ1) is 4.86. The van der Waals surface area contributed by atoms with Crippen LogP contribution in [0.3, 0.4) is 0 Å². The molecule has 2 nitrogen and oxygen atoms in total. The average molecular weight is 143 g/mol. The summed E-state index contributed by atoms with van der Waals surface area (Å²) in [6.45, 7) is 0. The summed E-state index contributed by atoms with van der Waals surface area (Å²) in [5, 5.41) is 0. The van der Waals surface area contributed by atoms with Crippen molar-refractivity contribution in [3.05, 3.63) is 24.3 Å². The normalized spacial score (nSPS) is 9.00. The number of nitrogens with one attached hydrogen (secondary N) is 2. The standard InChI is InChI=1S/C6H5F2N2/c7-9-5-2-1-3-6(4-5)10-8/h1-3,9-10H. The molecule has 1 radical (unpaired) electrons. The maximum absolute atomic E-state index is 11.6. The Labute approximate surface area is 56.7 Å². The van der Waals surface area contributed by atoms with Crippen LogP contribution in [0.5, 0.6) is 0 Å². The van der Waals surface area contributed by atoms with Gasteiger partial charge in [0.2, 0.25) is 0 Å². The van der Waals surface area contributed by atoms with Gasteiger partial charge in [0.15, 0.2) is 0 Å². The fourth-order valence-electron chi connectivity index (χ4n) is 0.579. The zero-order chi connectivity index (χ0) is 7.40. The molecule has 0 aliphatic heterocycles. The quantitative estimate of drug-likeness (QED) is 0.619. The molecule has 1 aromatic carbocycles. The van der Waals surface area contributed by atoms with Crippen molar-refractivity contribution in [2.24, 2.45) is 0 Å². The highest BCUT2D eigenvalue weighted by Gasteiger charge is 1.92. The minimum atomic E-state index is 0.0997. The zero-order valence-corrected chi connectivity index (χ0v) is 4.99. The first-order valence-electron chi connectivity index (χ1n) is 2.62. The summed E-state index contributed by atoms with van der Waals surface area (Å²) in [6, 6.07) is 6.73. The van der Waals surface area contributed by atoms with Gasteiger partial charge in [0.1, 0.15) is 0 Å². The van der Waals surface area contributed by atoms with Crippen molar-refractivity contribution in [3.8, 4) is 0 Å². The van der Waals surface area contributed by atoms with Gasteiger partial charge in [0.05, 0.1) is 11.4 Å². The van der Waals surface area contributed by atoms with Gasteiger partial charge in [-0.1, -0.05) is 6.07 Å². The van der Waals surface area contributed by atoms with Crippen molar-refractivity contribution in [1.82, 2.24) is 0 Å². The van der Waals surface area contributed by atoms with E-state index in [4.69, 9.17) is 0 Å². The van der Waals surface area contributed by atoms with Crippen LogP contribution >= 0.6 is 0 Å². The van der Waals surface area contributed by atoms with Crippen LogP contribution in [0.2, 0.25) is 0 Å². The van der Waals surface area contributed by atoms with E-state index in [0.717, 1.165) is 0 Å². The van der Waals surface area contributed by atoms with Crippen LogP contribution in [0.15, 0.2) is 18.2 Å². The Morgan fingerprint density at radius 1 is 1.10 bits per heavy atom. The summed E-state index contributed by atoms with van der Waals surface area (Å²) in [5.41, 5.74) is 2.88. The van der Waals surface area contributed by atoms with E-state index in [2.05, 4.69) is 6.07 Å². The van der Waals surface area contributed by atoms with Crippen molar-refractivity contribution in [3.63, 3.8) is 0 Å². The highest BCUT2D eigenvalue weighted by atomic mass is 19.2. The summed E-state index contributed by atoms with van der Waals surface area (Å²) < 4.78 is 23.2. The molecule has 0 saturated carbocycles. The van der Waals surface area contributed by atoms with Crippen LogP contribution < -0.4 is 11.1 Å². The van der Waals surface area contributed by atoms with Crippen molar-refractivity contribution < 1.29 is 8.96 Å². The summed E-state index contributed by atoms with van der Waals surface area (Å²) >= 11 is 0. The van der Waals surface area contributed by atoms with Gasteiger partial charge in [0.25, 0.3) is 0 Å². The van der Waals surface area contributed by atoms with E-state index in [1.165, 1.54) is 29.3 Å². The summed E-state index contributed by atoms with van der Waals surface area (Å²) in [5.74, 6) is 0. The Hall–Kier alpha value is -1.32. The highest BCUT2D eigenvalue weighted by Crippen LogP contribution is 2.13. The van der Waals surface area contributed by atoms with Crippen LogP contribution in [0.4, 0.5) is 20.3 Å². The van der Waals surface area contributed by atoms with Gasteiger partial charge in [-0.3, -0.25) is 0 Å². The molecule has 53 valence electrons. The van der Waals surface area contributed by atoms with Gasteiger partial charge >= 0.3 is 0 Å². The van der Waals surface area contributed by atoms with E-state index in [0.29, 0.717) is 0 Å². The minimum Gasteiger partial charge on any atom is -0.224 e. The molecule has 0 saturated heterocycles. The molecule has 1 rings (SSSR count). The Morgan fingerprint density at radius 2 is 1.60 bits per heavy atom. The largest absolute Gasteiger partial charge is 0.224 e. The van der Waals surface area contributed by atoms with Gasteiger partial charge in [-0.2, -0.15) is 0 Å². The topological polar surface area (TPSA) is 24.1 Å². The molecular formula is C6H5F2N2. The third-order valence-corrected chi connectivity index (χ3v) is 0.999. The smallest absolute Gasteiger partial charge is 0.0757 e. The Balaban J connectivity index is 2.87. The number of rotatable bonds is 2. The average Bonchev–Trinajstić information content (AvgIpc) is 2.05. The summed E-state index contributed by atoms with van der Waals surface area (Å²) in [6.07, 6.45) is 0. The van der Waals surface area contributed by atoms with Crippen molar-refractivity contribution >= 4 is 11.4 Å². The SMILES string of the molecule is FNc1[c]c(NF)ccc1. The molecule has 0 bridgehead atoms. The van der Waals surface area contributed by atoms with E-state index in [-0.39, 0.29) is 11.4 Å². The zero-order valence-electron chi connectivity index (χ0n) is 4.99. The van der Waals surface area contributed by atoms with Crippen LogP contribution in [0.25, 0.3) is 0 Å². The lowest BCUT2D eigenvalue weighted by Gasteiger charge is -1.96. The molecule has 0 heterocycles. The van der Waals surface area contributed by atoms with Crippen molar-refractivity contribution in [1.29, 1.82) is 0 Å². The van der Waals surface area contributed by atoms with Gasteiger partial charge in [-0.05, 0) is 12.1 Å². The molecule has 0 amide bonds. The molecule has 4 heteroatoms. The van der Waals surface area contributed by atoms with Crippen molar-refractivity contribution in [2.45, 2.75) is 0 Å². The molecule has 0 atom stereocenters. The molecule has 0 aliphatic rings. The van der Waals surface area contributed by atoms with Gasteiger partial charge in [-0.15, -0.1) is 8.96 Å². The number of hydrogen-bond acceptors (Lipinski definition) is 2. The lowest BCUT2D eigenvalue weighted by molar-refractivity contribution is 0.612. The minimum absolute atomic E-state index is 0.0997. The van der Waals surface area contributed by atoms with Gasteiger partial charge in [-0.25, -0.2) is 11.1 Å². The lowest BCUT2D eigenvalue weighted by Crippen LogP contribution is -1.85. The molecule has 0 aliphatic carbocycles. The molecule has 10 heavy (non-hydrogen) atoms. The maximum Gasteiger partial charge on any atom is 0.0757 e. The lowest BCUT2D eigenvalue weighted by atomic mass is 10.3. The summed E-state index contributed by atoms with van der Waals surface area (Å²) in [7, 11) is 0. The maximum atomic E-state index is 11.6. The van der Waals surface area contributed by atoms with Gasteiger partial charge in [0, 0.05) is 6.07 Å². The first-order valence-corrected chi connectivity index (χ1v) is 2.62. The van der Waals surface area contributed by atoms with Crippen LogP contribution in [-0.4, -0.2) is 0 Å². The Morgan fingerprint density at radius 3 is 2.00 bits per heavy atom. The van der Waals surface area contributed by atoms with E-state index in [1.807, 2.05) is 0 Å². The van der Waals surface area contributed by atoms with E-state index >= 15 is 0 Å². The fourth-order valence-corrected chi connectivity index (χ4v) is 0.579. The third-order valence-electron chi connectivity index (χ3n) is 0.999. The number of anilines is 2. The van der Waals surface area contributed by atoms with E-state index < -0.39 is 0 Å². The third kappa shape index (κ3) is 1.34. The molecule has 0 fully saturated rings.